The van der Waals surface area contributed by atoms with Gasteiger partial charge in [-0.3, -0.25) is 18.8 Å². The summed E-state index contributed by atoms with van der Waals surface area (Å²) >= 11 is 0. The molecule has 8 aliphatic rings. The minimum atomic E-state index is -4.97. The molecule has 2 unspecified atom stereocenters. The molecule has 0 radical (unpaired) electrons. The quantitative estimate of drug-likeness (QED) is 0.291. The van der Waals surface area contributed by atoms with Gasteiger partial charge in [-0.1, -0.05) is 35.0 Å². The van der Waals surface area contributed by atoms with Gasteiger partial charge in [-0.05, 0) is 6.42 Å². The zero-order valence-corrected chi connectivity index (χ0v) is 23.5. The molecule has 10 rings (SSSR count). The highest BCUT2D eigenvalue weighted by molar-refractivity contribution is 7.50. The lowest BCUT2D eigenvalue weighted by atomic mass is 9.95. The highest BCUT2D eigenvalue weighted by Gasteiger charge is 3.07. The van der Waals surface area contributed by atoms with E-state index in [0.29, 0.717) is 11.0 Å². The largest absolute Gasteiger partial charge is 0.689 e. The number of phosphoric acid groups is 3. The summed E-state index contributed by atoms with van der Waals surface area (Å²) in [5.41, 5.74) is -3.88. The summed E-state index contributed by atoms with van der Waals surface area (Å²) in [6, 6.07) is -0.885. The molecule has 0 amide bonds. The Balaban J connectivity index is 1.31. The smallest absolute Gasteiger partial charge is 0.355 e. The predicted octanol–water partition coefficient (Wildman–Crippen LogP) is -0.504. The molecule has 22 nitrogen and oxygen atoms in total. The lowest BCUT2D eigenvalue weighted by Crippen LogP contribution is -2.72. The Morgan fingerprint density at radius 2 is 1.71 bits per heavy atom. The van der Waals surface area contributed by atoms with Gasteiger partial charge in [0.1, 0.15) is 0 Å². The van der Waals surface area contributed by atoms with E-state index in [-0.39, 0.29) is 16.1 Å². The van der Waals surface area contributed by atoms with E-state index >= 15 is 0 Å². The van der Waals surface area contributed by atoms with Crippen LogP contribution in [-0.4, -0.2) is 61.2 Å². The van der Waals surface area contributed by atoms with Gasteiger partial charge in [0.25, 0.3) is 0 Å². The van der Waals surface area contributed by atoms with E-state index in [2.05, 4.69) is 4.98 Å². The first kappa shape index (κ1) is 26.0. The van der Waals surface area contributed by atoms with E-state index in [9.17, 15) is 28.4 Å². The molecular formula is C17H15N4O18P3. The van der Waals surface area contributed by atoms with Crippen molar-refractivity contribution in [2.24, 2.45) is 0 Å². The van der Waals surface area contributed by atoms with Crippen molar-refractivity contribution in [1.29, 1.82) is 0 Å². The van der Waals surface area contributed by atoms with Crippen LogP contribution < -0.4 is 25.0 Å². The van der Waals surface area contributed by atoms with Crippen molar-refractivity contribution in [2.75, 3.05) is 13.7 Å². The van der Waals surface area contributed by atoms with Gasteiger partial charge in [0.05, 0.1) is 6.61 Å². The lowest BCUT2D eigenvalue weighted by molar-refractivity contribution is -0.466. The summed E-state index contributed by atoms with van der Waals surface area (Å²) in [5, 5.41) is 12.2. The third kappa shape index (κ3) is 2.44. The van der Waals surface area contributed by atoms with Crippen molar-refractivity contribution < 1.29 is 73.9 Å². The predicted molar refractivity (Wildman–Crippen MR) is 121 cm³/mol. The molecule has 1 N–H and O–H groups in total. The number of phosphoric ester groups is 2. The van der Waals surface area contributed by atoms with Crippen molar-refractivity contribution in [3.63, 3.8) is 0 Å². The molecule has 42 heavy (non-hydrogen) atoms. The topological polar surface area (TPSA) is 244 Å². The van der Waals surface area contributed by atoms with Crippen LogP contribution in [0.4, 0.5) is 0 Å². The summed E-state index contributed by atoms with van der Waals surface area (Å²) in [6.45, 7) is 1.67. The molecule has 9 bridgehead atoms. The number of hydrogen-bond donors (Lipinski definition) is 1. The number of fused-ring (bicyclic) bond motifs is 5. The Morgan fingerprint density at radius 3 is 2.43 bits per heavy atom. The number of allylic oxidation sites excluding steroid dienone is 1. The van der Waals surface area contributed by atoms with E-state index in [0.717, 1.165) is 13.5 Å². The first-order chi connectivity index (χ1) is 19.8. The number of ether oxygens (including phenoxy) is 3. The van der Waals surface area contributed by atoms with Crippen LogP contribution in [0, 0.1) is 0 Å². The van der Waals surface area contributed by atoms with E-state index < -0.39 is 81.1 Å². The Bertz CT molecular complexity index is 1960. The van der Waals surface area contributed by atoms with E-state index in [1.807, 2.05) is 6.92 Å². The molecule has 6 fully saturated rings. The van der Waals surface area contributed by atoms with Crippen LogP contribution in [0.2, 0.25) is 0 Å². The molecule has 0 aromatic carbocycles. The highest BCUT2D eigenvalue weighted by Crippen LogP contribution is 2.91. The summed E-state index contributed by atoms with van der Waals surface area (Å²) in [5.74, 6) is -15.0. The summed E-state index contributed by atoms with van der Waals surface area (Å²) in [6.07, 6.45) is 4.83. The van der Waals surface area contributed by atoms with Gasteiger partial charge >= 0.3 is 70.0 Å². The van der Waals surface area contributed by atoms with Gasteiger partial charge in [0.2, 0.25) is 0 Å². The number of rotatable bonds is 7. The van der Waals surface area contributed by atoms with Crippen molar-refractivity contribution >= 4 is 34.6 Å². The monoisotopic (exact) mass is 656 g/mol. The molecular weight excluding hydrogens is 641 g/mol. The molecule has 10 heterocycles. The molecule has 2 aromatic heterocycles. The second-order valence-electron chi connectivity index (χ2n) is 9.61. The zero-order chi connectivity index (χ0) is 29.3. The molecule has 2 aromatic rings. The lowest BCUT2D eigenvalue weighted by Gasteiger charge is -2.42. The first-order valence-corrected chi connectivity index (χ1v) is 16.4. The van der Waals surface area contributed by atoms with Crippen LogP contribution in [0.1, 0.15) is 19.8 Å². The van der Waals surface area contributed by atoms with Crippen molar-refractivity contribution in [2.45, 2.75) is 49.0 Å². The minimum absolute atomic E-state index is 0.0796. The summed E-state index contributed by atoms with van der Waals surface area (Å²) in [4.78, 5) is 29.9. The zero-order valence-electron chi connectivity index (χ0n) is 20.8. The number of aliphatic hydroxyl groups is 1. The van der Waals surface area contributed by atoms with Gasteiger partial charge in [0.15, 0.2) is 11.2 Å². The van der Waals surface area contributed by atoms with Crippen LogP contribution in [0.15, 0.2) is 21.7 Å². The molecule has 6 atom stereocenters. The van der Waals surface area contributed by atoms with Crippen molar-refractivity contribution in [3.8, 4) is 6.01 Å². The Kier molecular flexibility index (Phi) is 4.40. The number of imidazole rings is 1. The van der Waals surface area contributed by atoms with Gasteiger partial charge in [0, 0.05) is 7.11 Å². The standard InChI is InChI=1S/C17H15N4O18P3/c1-3-4-5-6-7-29-17-15(34-42(27,36-17)37-17)14(28-2)13(24)16(31-15,35-41(26,32-13)33-14)19-9-8-10(22)21-12(23)20(9)38-40(25,39-21)30-11(19)18-8/h5-6,24H,3-4,7H2,1-2H3/b6-5+/t13-,14+,15-,16-,17?,40?,41?,42?/m1/s1. The molecule has 0 saturated carbocycles. The van der Waals surface area contributed by atoms with E-state index in [4.69, 9.17) is 55.1 Å². The molecule has 25 heteroatoms. The molecule has 226 valence electrons. The Morgan fingerprint density at radius 1 is 0.976 bits per heavy atom. The first-order valence-electron chi connectivity index (χ1n) is 12.0. The number of nitrogens with zero attached hydrogens (tertiary/aromatic N) is 4. The molecule has 8 aliphatic heterocycles. The van der Waals surface area contributed by atoms with Crippen molar-refractivity contribution in [3.05, 3.63) is 33.0 Å². The van der Waals surface area contributed by atoms with E-state index in [1.54, 1.807) is 12.2 Å². The number of aromatic nitrogens is 4. The van der Waals surface area contributed by atoms with Crippen LogP contribution in [0.3, 0.4) is 0 Å². The van der Waals surface area contributed by atoms with Gasteiger partial charge in [-0.25, -0.2) is 45.6 Å². The van der Waals surface area contributed by atoms with Gasteiger partial charge in [-0.2, -0.15) is 9.55 Å². The summed E-state index contributed by atoms with van der Waals surface area (Å²) < 4.78 is 106. The third-order valence-corrected chi connectivity index (χ3v) is 11.3. The molecule has 6 saturated heterocycles. The maximum absolute atomic E-state index is 13.7. The third-order valence-electron chi connectivity index (χ3n) is 7.30. The second-order valence-corrected chi connectivity index (χ2v) is 13.9. The average molecular weight is 656 g/mol. The highest BCUT2D eigenvalue weighted by atomic mass is 31.2. The van der Waals surface area contributed by atoms with Crippen LogP contribution in [-0.2, 0) is 61.0 Å². The Hall–Kier alpha value is -2.42. The SMILES string of the molecule is CCC/C=C/COC12OP(=O)(O1)O[C@@]21O[C@@]2(n3c4nc5c(=O)n6c(=O)n(c53)OP(=O)(O4)O6)OP3(=O)O[C@]2(O)[C@]1(OC)O3. The van der Waals surface area contributed by atoms with Crippen LogP contribution in [0.25, 0.3) is 11.2 Å². The number of methoxy groups -OCH3 is 1. The minimum Gasteiger partial charge on any atom is -0.355 e. The van der Waals surface area contributed by atoms with Crippen LogP contribution in [0.5, 0.6) is 6.01 Å². The fraction of sp³-hybridized carbons (Fsp3) is 0.588. The maximum atomic E-state index is 13.7. The molecule has 1 spiro atoms. The molecule has 0 aliphatic carbocycles. The summed E-state index contributed by atoms with van der Waals surface area (Å²) in [7, 11) is -13.4. The Labute approximate surface area is 229 Å². The number of unbranched alkanes of at least 4 members (excludes halogenated alkanes) is 1. The maximum Gasteiger partial charge on any atom is 0.689 e. The van der Waals surface area contributed by atoms with E-state index in [1.165, 1.54) is 0 Å². The second kappa shape index (κ2) is 7.10. The van der Waals surface area contributed by atoms with Gasteiger partial charge < -0.3 is 19.1 Å². The fourth-order valence-electron chi connectivity index (χ4n) is 5.73. The van der Waals surface area contributed by atoms with Gasteiger partial charge in [-0.15, -0.1) is 0 Å². The average Bonchev–Trinajstić information content (AvgIpc) is 3.58. The fourth-order valence-corrected chi connectivity index (χ4v) is 10.3. The van der Waals surface area contributed by atoms with Crippen LogP contribution >= 0.6 is 23.5 Å². The normalized spacial score (nSPS) is 48.0. The van der Waals surface area contributed by atoms with Crippen molar-refractivity contribution in [1.82, 2.24) is 19.0 Å². The number of hydrogen-bond acceptors (Lipinski definition) is 19.